The number of rotatable bonds is 4. The molecular weight excluding hydrogens is 233 g/mol. The van der Waals surface area contributed by atoms with Crippen molar-refractivity contribution in [3.05, 3.63) is 47.4 Å². The summed E-state index contributed by atoms with van der Waals surface area (Å²) in [5.41, 5.74) is 4.49. The van der Waals surface area contributed by atoms with Crippen molar-refractivity contribution in [2.24, 2.45) is 5.84 Å². The maximum Gasteiger partial charge on any atom is 0.239 e. The van der Waals surface area contributed by atoms with E-state index in [1.807, 2.05) is 31.2 Å². The summed E-state index contributed by atoms with van der Waals surface area (Å²) in [6.07, 6.45) is 1.07. The molecule has 94 valence electrons. The Morgan fingerprint density at radius 3 is 2.83 bits per heavy atom. The Labute approximate surface area is 104 Å². The highest BCUT2D eigenvalue weighted by Crippen LogP contribution is 2.14. The molecule has 1 aromatic carbocycles. The molecule has 0 fully saturated rings. The number of hydrogen-bond acceptors (Lipinski definition) is 5. The van der Waals surface area contributed by atoms with Gasteiger partial charge in [0.15, 0.2) is 11.6 Å². The predicted molar refractivity (Wildman–Crippen MR) is 68.3 cm³/mol. The van der Waals surface area contributed by atoms with Crippen LogP contribution in [-0.2, 0) is 6.54 Å². The zero-order valence-corrected chi connectivity index (χ0v) is 9.94. The molecule has 0 saturated carbocycles. The molecule has 0 atom stereocenters. The molecule has 1 heterocycles. The average molecular weight is 247 g/mol. The molecule has 2 aromatic rings. The molecule has 0 saturated heterocycles. The second kappa shape index (κ2) is 5.42. The first-order valence-electron chi connectivity index (χ1n) is 5.48. The lowest BCUT2D eigenvalue weighted by molar-refractivity contribution is 0.617. The van der Waals surface area contributed by atoms with Crippen LogP contribution >= 0.6 is 0 Å². The SMILES string of the molecule is Cc1ccccc1CNc1nc(NN)ncc1F. The Hall–Kier alpha value is -2.21. The zero-order valence-electron chi connectivity index (χ0n) is 9.94. The molecule has 0 aliphatic heterocycles. The van der Waals surface area contributed by atoms with Crippen molar-refractivity contribution in [3.63, 3.8) is 0 Å². The highest BCUT2D eigenvalue weighted by molar-refractivity contribution is 5.41. The number of benzene rings is 1. The van der Waals surface area contributed by atoms with Gasteiger partial charge in [-0.15, -0.1) is 0 Å². The van der Waals surface area contributed by atoms with Crippen LogP contribution in [0.4, 0.5) is 16.2 Å². The number of nitrogen functional groups attached to an aromatic ring is 1. The molecule has 0 spiro atoms. The van der Waals surface area contributed by atoms with Gasteiger partial charge in [-0.25, -0.2) is 15.2 Å². The second-order valence-electron chi connectivity index (χ2n) is 3.81. The third-order valence-electron chi connectivity index (χ3n) is 2.58. The lowest BCUT2D eigenvalue weighted by Gasteiger charge is -2.09. The first kappa shape index (κ1) is 12.3. The summed E-state index contributed by atoms with van der Waals surface area (Å²) in [5.74, 6) is 4.96. The van der Waals surface area contributed by atoms with Gasteiger partial charge >= 0.3 is 0 Å². The van der Waals surface area contributed by atoms with Gasteiger partial charge in [0, 0.05) is 6.54 Å². The van der Waals surface area contributed by atoms with Crippen molar-refractivity contribution >= 4 is 11.8 Å². The molecule has 4 N–H and O–H groups in total. The topological polar surface area (TPSA) is 75.9 Å². The lowest BCUT2D eigenvalue weighted by Crippen LogP contribution is -2.13. The molecule has 18 heavy (non-hydrogen) atoms. The van der Waals surface area contributed by atoms with Gasteiger partial charge in [0.2, 0.25) is 5.95 Å². The van der Waals surface area contributed by atoms with Gasteiger partial charge in [0.05, 0.1) is 6.20 Å². The van der Waals surface area contributed by atoms with Crippen LogP contribution in [-0.4, -0.2) is 9.97 Å². The number of anilines is 2. The first-order valence-corrected chi connectivity index (χ1v) is 5.48. The van der Waals surface area contributed by atoms with E-state index in [-0.39, 0.29) is 11.8 Å². The monoisotopic (exact) mass is 247 g/mol. The van der Waals surface area contributed by atoms with Gasteiger partial charge in [0.1, 0.15) is 0 Å². The van der Waals surface area contributed by atoms with Crippen LogP contribution in [0.5, 0.6) is 0 Å². The van der Waals surface area contributed by atoms with Gasteiger partial charge in [-0.3, -0.25) is 5.43 Å². The highest BCUT2D eigenvalue weighted by Gasteiger charge is 2.06. The molecule has 0 unspecified atom stereocenters. The summed E-state index contributed by atoms with van der Waals surface area (Å²) in [4.78, 5) is 7.57. The van der Waals surface area contributed by atoms with Crippen molar-refractivity contribution in [2.75, 3.05) is 10.7 Å². The summed E-state index contributed by atoms with van der Waals surface area (Å²) in [7, 11) is 0. The van der Waals surface area contributed by atoms with Crippen molar-refractivity contribution in [3.8, 4) is 0 Å². The fraction of sp³-hybridized carbons (Fsp3) is 0.167. The second-order valence-corrected chi connectivity index (χ2v) is 3.81. The van der Waals surface area contributed by atoms with Crippen LogP contribution in [0.3, 0.4) is 0 Å². The minimum absolute atomic E-state index is 0.126. The molecule has 6 heteroatoms. The molecule has 0 aliphatic rings. The zero-order chi connectivity index (χ0) is 13.0. The number of hydrogen-bond donors (Lipinski definition) is 3. The number of halogens is 1. The summed E-state index contributed by atoms with van der Waals surface area (Å²) >= 11 is 0. The smallest absolute Gasteiger partial charge is 0.239 e. The van der Waals surface area contributed by atoms with Crippen LogP contribution in [0.25, 0.3) is 0 Å². The van der Waals surface area contributed by atoms with Crippen LogP contribution in [0.1, 0.15) is 11.1 Å². The summed E-state index contributed by atoms with van der Waals surface area (Å²) in [6.45, 7) is 2.49. The Kier molecular flexibility index (Phi) is 3.69. The van der Waals surface area contributed by atoms with Gasteiger partial charge in [-0.2, -0.15) is 4.98 Å². The molecular formula is C12H14FN5. The van der Waals surface area contributed by atoms with E-state index in [2.05, 4.69) is 20.7 Å². The van der Waals surface area contributed by atoms with E-state index < -0.39 is 5.82 Å². The number of hydrazine groups is 1. The minimum Gasteiger partial charge on any atom is -0.363 e. The average Bonchev–Trinajstić information content (AvgIpc) is 2.39. The van der Waals surface area contributed by atoms with E-state index >= 15 is 0 Å². The Morgan fingerprint density at radius 1 is 1.33 bits per heavy atom. The summed E-state index contributed by atoms with van der Waals surface area (Å²) in [6, 6.07) is 7.87. The van der Waals surface area contributed by atoms with Gasteiger partial charge in [0.25, 0.3) is 0 Å². The number of nitrogens with two attached hydrogens (primary N) is 1. The standard InChI is InChI=1S/C12H14FN5/c1-8-4-2-3-5-9(8)6-15-11-10(13)7-16-12(17-11)18-14/h2-5,7H,6,14H2,1H3,(H2,15,16,17,18). The van der Waals surface area contributed by atoms with E-state index in [0.717, 1.165) is 17.3 Å². The molecule has 0 radical (unpaired) electrons. The largest absolute Gasteiger partial charge is 0.363 e. The third kappa shape index (κ3) is 2.72. The Bertz CT molecular complexity index is 544. The molecule has 5 nitrogen and oxygen atoms in total. The Balaban J connectivity index is 2.13. The van der Waals surface area contributed by atoms with Crippen molar-refractivity contribution in [1.29, 1.82) is 0 Å². The maximum atomic E-state index is 13.5. The van der Waals surface area contributed by atoms with Crippen molar-refractivity contribution < 1.29 is 4.39 Å². The van der Waals surface area contributed by atoms with Crippen molar-refractivity contribution in [1.82, 2.24) is 9.97 Å². The maximum absolute atomic E-state index is 13.5. The van der Waals surface area contributed by atoms with E-state index in [1.54, 1.807) is 0 Å². The van der Waals surface area contributed by atoms with Crippen LogP contribution in [0, 0.1) is 12.7 Å². The van der Waals surface area contributed by atoms with Gasteiger partial charge in [-0.1, -0.05) is 24.3 Å². The van der Waals surface area contributed by atoms with Gasteiger partial charge < -0.3 is 5.32 Å². The first-order chi connectivity index (χ1) is 8.70. The van der Waals surface area contributed by atoms with Crippen LogP contribution in [0.2, 0.25) is 0 Å². The summed E-state index contributed by atoms with van der Waals surface area (Å²) in [5, 5.41) is 2.92. The number of nitrogens with zero attached hydrogens (tertiary/aromatic N) is 2. The van der Waals surface area contributed by atoms with E-state index in [4.69, 9.17) is 5.84 Å². The molecule has 0 aliphatic carbocycles. The number of aryl methyl sites for hydroxylation is 1. The van der Waals surface area contributed by atoms with E-state index in [9.17, 15) is 4.39 Å². The van der Waals surface area contributed by atoms with Crippen LogP contribution < -0.4 is 16.6 Å². The van der Waals surface area contributed by atoms with Gasteiger partial charge in [-0.05, 0) is 18.1 Å². The van der Waals surface area contributed by atoms with Crippen molar-refractivity contribution in [2.45, 2.75) is 13.5 Å². The lowest BCUT2D eigenvalue weighted by atomic mass is 10.1. The fourth-order valence-corrected chi connectivity index (χ4v) is 1.55. The highest BCUT2D eigenvalue weighted by atomic mass is 19.1. The molecule has 1 aromatic heterocycles. The molecule has 0 amide bonds. The van der Waals surface area contributed by atoms with E-state index in [0.29, 0.717) is 6.54 Å². The third-order valence-corrected chi connectivity index (χ3v) is 2.58. The predicted octanol–water partition coefficient (Wildman–Crippen LogP) is 1.82. The van der Waals surface area contributed by atoms with Crippen LogP contribution in [0.15, 0.2) is 30.5 Å². The molecule has 0 bridgehead atoms. The minimum atomic E-state index is -0.511. The Morgan fingerprint density at radius 2 is 2.11 bits per heavy atom. The van der Waals surface area contributed by atoms with E-state index in [1.165, 1.54) is 0 Å². The summed E-state index contributed by atoms with van der Waals surface area (Å²) < 4.78 is 13.5. The number of aromatic nitrogens is 2. The number of nitrogens with one attached hydrogen (secondary N) is 2. The quantitative estimate of drug-likeness (QED) is 0.567. The molecule has 2 rings (SSSR count). The normalized spacial score (nSPS) is 10.2. The fourth-order valence-electron chi connectivity index (χ4n) is 1.55.